The Bertz CT molecular complexity index is 3340. The second-order valence-corrected chi connectivity index (χ2v) is 28.1. The first-order chi connectivity index (χ1) is 43.5. The van der Waals surface area contributed by atoms with E-state index >= 15 is 0 Å². The molecule has 6 aliphatic heterocycles. The first-order valence-corrected chi connectivity index (χ1v) is 35.2. The maximum Gasteiger partial charge on any atom is 0.397 e. The van der Waals surface area contributed by atoms with Crippen LogP contribution in [0.4, 0.5) is 0 Å². The fourth-order valence-corrected chi connectivity index (χ4v) is 13.4. The molecule has 0 saturated carbocycles. The molecule has 6 heterocycles. The summed E-state index contributed by atoms with van der Waals surface area (Å²) in [5, 5.41) is 110. The number of aliphatic hydroxyl groups excluding tert-OH is 8. The van der Waals surface area contributed by atoms with Crippen molar-refractivity contribution in [3.05, 3.63) is 11.8 Å². The van der Waals surface area contributed by atoms with Crippen molar-refractivity contribution in [2.75, 3.05) is 46.2 Å². The van der Waals surface area contributed by atoms with Crippen molar-refractivity contribution in [1.29, 1.82) is 0 Å². The molecule has 47 nitrogen and oxygen atoms in total. The summed E-state index contributed by atoms with van der Waals surface area (Å²) in [4.78, 5) is 24.6. The quantitative estimate of drug-likeness (QED) is 0.0287. The van der Waals surface area contributed by atoms with Gasteiger partial charge in [0.15, 0.2) is 43.5 Å². The SMILES string of the molecule is CC1OC(COS(=O)(=O)O)[C@H](O)C(CO[C@@H]2OC(C)[C@H](OS(=O)(=O)O)C(O)C2OS(=O)(=O)O)C1CO[C@@H]1OC(C(=O)O)[C@H](O)C(CO[C@@H]2OC(COS(=O)(=O)O)[C@H](O)C(CO[C@@H]3OC(C)[C@H](OS(=O)(=O)O)C(O)C3OS(=O)(=O)O)C2CO[C@@H]2OC(C(=O)O)=CC(O)C2O)C1O. The maximum absolute atomic E-state index is 12.7. The maximum atomic E-state index is 12.7. The normalized spacial score (nSPS) is 40.4. The third kappa shape index (κ3) is 22.7. The average Bonchev–Trinajstić information content (AvgIpc) is 0.798. The van der Waals surface area contributed by atoms with Gasteiger partial charge in [0, 0.05) is 29.6 Å². The fourth-order valence-electron chi connectivity index (χ4n) is 10.8. The van der Waals surface area contributed by atoms with Crippen LogP contribution in [0, 0.1) is 29.6 Å². The monoisotopic (exact) mass is 1520 g/mol. The molecule has 6 aliphatic rings. The van der Waals surface area contributed by atoms with Gasteiger partial charge in [0.05, 0.1) is 82.9 Å². The smallest absolute Gasteiger partial charge is 0.397 e. The van der Waals surface area contributed by atoms with Gasteiger partial charge >= 0.3 is 74.3 Å². The summed E-state index contributed by atoms with van der Waals surface area (Å²) in [7, 11) is -33.0. The van der Waals surface area contributed by atoms with Crippen LogP contribution in [0.15, 0.2) is 11.8 Å². The van der Waals surface area contributed by atoms with Crippen LogP contribution in [0.5, 0.6) is 0 Å². The molecule has 0 aliphatic carbocycles. The lowest BCUT2D eigenvalue weighted by Gasteiger charge is -2.47. The van der Waals surface area contributed by atoms with Gasteiger partial charge in [-0.2, -0.15) is 50.5 Å². The summed E-state index contributed by atoms with van der Waals surface area (Å²) in [5.41, 5.74) is 0. The number of carbonyl (C=O) groups is 2. The molecule has 0 spiro atoms. The predicted octanol–water partition coefficient (Wildman–Crippen LogP) is -9.44. The van der Waals surface area contributed by atoms with E-state index in [9.17, 15) is 138 Å². The van der Waals surface area contributed by atoms with Gasteiger partial charge in [0.2, 0.25) is 12.0 Å². The molecule has 5 fully saturated rings. The zero-order chi connectivity index (χ0) is 71.6. The van der Waals surface area contributed by atoms with E-state index in [1.807, 2.05) is 0 Å². The van der Waals surface area contributed by atoms with Crippen LogP contribution in [-0.4, -0.2) is 328 Å². The van der Waals surface area contributed by atoms with E-state index in [0.29, 0.717) is 6.08 Å². The number of hydrogen-bond donors (Lipinski definition) is 16. The van der Waals surface area contributed by atoms with E-state index in [4.69, 9.17) is 52.1 Å². The van der Waals surface area contributed by atoms with Crippen LogP contribution in [0.3, 0.4) is 0 Å². The molecule has 95 heavy (non-hydrogen) atoms. The number of aliphatic hydroxyl groups is 8. The molecule has 0 radical (unpaired) electrons. The minimum absolute atomic E-state index is 0.544. The molecule has 28 atom stereocenters. The fraction of sp³-hybridized carbons (Fsp3) is 0.905. The second kappa shape index (κ2) is 32.3. The standard InChI is InChI=1S/C42H68O47S6/c1-12-15(16(24(44)22(80-12)10-78-90(55,56)57)6-76-41-34(88-94(67,68)69)29(49)31(13(2)81-41)86-92(61,62)63)5-74-39-27(47)19(26(46)33(85-39)37(53)54)9-73-38-18(8-75-40-28(48)20(43)4-21(83-40)36(51)52)17(25(45)23(84-38)11-79-91(58,59)60)7-77-42-35(89-95(70,71)72)30(50)32(14(3)82-42)87-93(64,65)66/h4,12-20,22-35,38-50H,5-11H2,1-3H3,(H,51,52)(H,53,54)(H,55,56,57)(H,58,59,60)(H,61,62,63)(H,64,65,66)(H,67,68,69)(H,70,71,72)/t12?,13?,14?,15?,16?,17?,18?,19?,20?,22?,23?,24-,25-,26-,27?,28?,29?,30?,31+,32+,33?,34?,35?,38-,39-,40-,41-,42-/m1/s1. The van der Waals surface area contributed by atoms with E-state index in [-0.39, 0.29) is 0 Å². The summed E-state index contributed by atoms with van der Waals surface area (Å²) in [6.45, 7) is -4.83. The molecule has 0 aromatic carbocycles. The Morgan fingerprint density at radius 2 is 0.758 bits per heavy atom. The molecule has 18 unspecified atom stereocenters. The van der Waals surface area contributed by atoms with E-state index < -0.39 is 297 Å². The van der Waals surface area contributed by atoms with Gasteiger partial charge in [0.1, 0.15) is 54.9 Å². The van der Waals surface area contributed by atoms with E-state index in [1.165, 1.54) is 6.92 Å². The van der Waals surface area contributed by atoms with Crippen molar-refractivity contribution in [1.82, 2.24) is 0 Å². The number of rotatable bonds is 31. The third-order valence-electron chi connectivity index (χ3n) is 15.2. The van der Waals surface area contributed by atoms with Crippen LogP contribution < -0.4 is 0 Å². The minimum atomic E-state index is -5.71. The molecule has 0 bridgehead atoms. The van der Waals surface area contributed by atoms with Gasteiger partial charge in [0.25, 0.3) is 0 Å². The molecular weight excluding hydrogens is 1450 g/mol. The van der Waals surface area contributed by atoms with Gasteiger partial charge in [-0.1, -0.05) is 0 Å². The Balaban J connectivity index is 1.33. The molecule has 53 heteroatoms. The van der Waals surface area contributed by atoms with Crippen LogP contribution in [-0.2, 0) is 149 Å². The first kappa shape index (κ1) is 81.0. The molecule has 0 amide bonds. The zero-order valence-electron chi connectivity index (χ0n) is 48.5. The highest BCUT2D eigenvalue weighted by atomic mass is 32.3. The highest BCUT2D eigenvalue weighted by Gasteiger charge is 2.56. The van der Waals surface area contributed by atoms with E-state index in [0.717, 1.165) is 13.8 Å². The van der Waals surface area contributed by atoms with Gasteiger partial charge in [-0.3, -0.25) is 27.3 Å². The van der Waals surface area contributed by atoms with Gasteiger partial charge in [-0.05, 0) is 26.8 Å². The number of carboxylic acid groups (broad SMARTS) is 2. The lowest BCUT2D eigenvalue weighted by molar-refractivity contribution is -0.327. The van der Waals surface area contributed by atoms with Crippen molar-refractivity contribution in [2.45, 2.75) is 162 Å². The zero-order valence-corrected chi connectivity index (χ0v) is 53.4. The lowest BCUT2D eigenvalue weighted by Crippen LogP contribution is -2.62. The largest absolute Gasteiger partial charge is 0.479 e. The predicted molar refractivity (Wildman–Crippen MR) is 285 cm³/mol. The highest BCUT2D eigenvalue weighted by Crippen LogP contribution is 2.40. The summed E-state index contributed by atoms with van der Waals surface area (Å²) in [5.74, 6) is -13.7. The Labute approximate surface area is 537 Å². The van der Waals surface area contributed by atoms with Crippen molar-refractivity contribution < 1.29 is 216 Å². The van der Waals surface area contributed by atoms with E-state index in [1.54, 1.807) is 0 Å². The van der Waals surface area contributed by atoms with Crippen molar-refractivity contribution in [3.63, 3.8) is 0 Å². The molecule has 5 saturated heterocycles. The Hall–Kier alpha value is -3.02. The minimum Gasteiger partial charge on any atom is -0.479 e. The third-order valence-corrected chi connectivity index (χ3v) is 18.0. The molecule has 0 aromatic heterocycles. The highest BCUT2D eigenvalue weighted by molar-refractivity contribution is 7.82. The average molecular weight is 1520 g/mol. The van der Waals surface area contributed by atoms with Crippen molar-refractivity contribution in [3.8, 4) is 0 Å². The Morgan fingerprint density at radius 3 is 1.19 bits per heavy atom. The van der Waals surface area contributed by atoms with Crippen LogP contribution in [0.2, 0.25) is 0 Å². The molecule has 0 aromatic rings. The molecule has 554 valence electrons. The van der Waals surface area contributed by atoms with Crippen molar-refractivity contribution >= 4 is 74.3 Å². The van der Waals surface area contributed by atoms with Crippen LogP contribution in [0.1, 0.15) is 20.8 Å². The lowest BCUT2D eigenvalue weighted by atomic mass is 9.80. The van der Waals surface area contributed by atoms with Crippen molar-refractivity contribution in [2.24, 2.45) is 29.6 Å². The van der Waals surface area contributed by atoms with Crippen LogP contribution in [0.25, 0.3) is 0 Å². The second-order valence-electron chi connectivity index (χ2n) is 21.7. The number of aliphatic carboxylic acids is 2. The van der Waals surface area contributed by atoms with E-state index in [2.05, 4.69) is 25.1 Å². The number of carboxylic acids is 2. The van der Waals surface area contributed by atoms with Gasteiger partial charge in [-0.15, -0.1) is 0 Å². The Kier molecular flexibility index (Phi) is 27.5. The summed E-state index contributed by atoms with van der Waals surface area (Å²) < 4.78 is 286. The van der Waals surface area contributed by atoms with Gasteiger partial charge in [-0.25, -0.2) is 34.7 Å². The van der Waals surface area contributed by atoms with Gasteiger partial charge < -0.3 is 103 Å². The topological polar surface area (TPSA) is 720 Å². The molecule has 16 N–H and O–H groups in total. The summed E-state index contributed by atoms with van der Waals surface area (Å²) in [6.07, 6.45) is -49.7. The molecule has 6 rings (SSSR count). The summed E-state index contributed by atoms with van der Waals surface area (Å²) in [6, 6.07) is 0. The molecular formula is C42H68O47S6. The first-order valence-electron chi connectivity index (χ1n) is 27.0. The summed E-state index contributed by atoms with van der Waals surface area (Å²) >= 11 is 0. The van der Waals surface area contributed by atoms with Crippen LogP contribution >= 0.6 is 0 Å². The number of ether oxygens (including phenoxy) is 11. The Morgan fingerprint density at radius 1 is 0.379 bits per heavy atom. The number of hydrogen-bond acceptors (Lipinski definition) is 39.